The summed E-state index contributed by atoms with van der Waals surface area (Å²) >= 11 is 1.42. The van der Waals surface area contributed by atoms with Crippen LogP contribution in [0.25, 0.3) is 16.3 Å². The van der Waals surface area contributed by atoms with Crippen LogP contribution < -0.4 is 22.4 Å². The minimum Gasteiger partial charge on any atom is -1.00 e. The van der Waals surface area contributed by atoms with Crippen molar-refractivity contribution in [1.29, 1.82) is 0 Å². The Morgan fingerprint density at radius 2 is 1.62 bits per heavy atom. The smallest absolute Gasteiger partial charge is 0.335 e. The monoisotopic (exact) mass is 427 g/mol. The van der Waals surface area contributed by atoms with Crippen LogP contribution in [0.1, 0.15) is 10.4 Å². The lowest BCUT2D eigenvalue weighted by molar-refractivity contribution is -0.642. The van der Waals surface area contributed by atoms with Gasteiger partial charge >= 0.3 is 11.0 Å². The number of nitrogens with one attached hydrogen (secondary N) is 1. The Morgan fingerprint density at radius 3 is 2.24 bits per heavy atom. The van der Waals surface area contributed by atoms with Gasteiger partial charge in [-0.2, -0.15) is 0 Å². The summed E-state index contributed by atoms with van der Waals surface area (Å²) in [5.41, 5.74) is 2.63. The van der Waals surface area contributed by atoms with Gasteiger partial charge < -0.3 is 22.8 Å². The normalized spacial score (nSPS) is 10.2. The molecule has 146 valence electrons. The Bertz CT molecular complexity index is 1120. The molecule has 0 unspecified atom stereocenters. The van der Waals surface area contributed by atoms with Gasteiger partial charge in [-0.1, -0.05) is 18.2 Å². The van der Waals surface area contributed by atoms with Crippen molar-refractivity contribution in [3.05, 3.63) is 90.2 Å². The molecule has 0 bridgehead atoms. The van der Waals surface area contributed by atoms with E-state index in [4.69, 9.17) is 5.11 Å². The van der Waals surface area contributed by atoms with E-state index in [-0.39, 0.29) is 23.8 Å². The van der Waals surface area contributed by atoms with E-state index in [0.717, 1.165) is 16.3 Å². The predicted molar refractivity (Wildman–Crippen MR) is 106 cm³/mol. The van der Waals surface area contributed by atoms with Crippen LogP contribution in [0, 0.1) is 5.82 Å². The number of aromatic carboxylic acids is 1. The molecule has 0 aliphatic rings. The van der Waals surface area contributed by atoms with Crippen molar-refractivity contribution >= 4 is 28.1 Å². The third-order valence-electron chi connectivity index (χ3n) is 4.05. The number of halogens is 2. The molecule has 0 radical (unpaired) electrons. The van der Waals surface area contributed by atoms with Crippen LogP contribution in [-0.2, 0) is 0 Å². The molecule has 1 heterocycles. The molecule has 0 saturated carbocycles. The maximum absolute atomic E-state index is 13.3. The summed E-state index contributed by atoms with van der Waals surface area (Å²) in [5.74, 6) is -1.30. The number of hydrogen-bond donors (Lipinski definition) is 2. The molecule has 5 nitrogen and oxygen atoms in total. The molecule has 1 aromatic heterocycles. The summed E-state index contributed by atoms with van der Waals surface area (Å²) in [6.07, 6.45) is 0. The maximum atomic E-state index is 13.3. The minimum atomic E-state index is -0.978. The quantitative estimate of drug-likeness (QED) is 0.475. The highest BCUT2D eigenvalue weighted by molar-refractivity contribution is 7.18. The lowest BCUT2D eigenvalue weighted by Crippen LogP contribution is -3.00. The third-order valence-corrected chi connectivity index (χ3v) is 5.03. The van der Waals surface area contributed by atoms with Gasteiger partial charge in [0.05, 0.1) is 11.1 Å². The fourth-order valence-corrected chi connectivity index (χ4v) is 3.64. The fourth-order valence-electron chi connectivity index (χ4n) is 2.68. The molecule has 0 aliphatic carbocycles. The SMILES string of the molecule is O=C(O)c1ccc(-c2sc(Nc3ccccc3)n[n+]2-c2ccc(F)cc2)cc1.[Cl-]. The van der Waals surface area contributed by atoms with Crippen molar-refractivity contribution in [2.24, 2.45) is 0 Å². The number of rotatable bonds is 5. The summed E-state index contributed by atoms with van der Waals surface area (Å²) in [7, 11) is 0. The average Bonchev–Trinajstić information content (AvgIpc) is 3.13. The molecule has 0 amide bonds. The molecule has 0 atom stereocenters. The Balaban J connectivity index is 0.00000240. The van der Waals surface area contributed by atoms with E-state index < -0.39 is 5.97 Å². The van der Waals surface area contributed by atoms with E-state index in [1.165, 1.54) is 23.5 Å². The number of nitrogens with zero attached hydrogens (tertiary/aromatic N) is 2. The van der Waals surface area contributed by atoms with Gasteiger partial charge in [-0.25, -0.2) is 9.18 Å². The van der Waals surface area contributed by atoms with Crippen LogP contribution in [0.5, 0.6) is 0 Å². The van der Waals surface area contributed by atoms with Crippen LogP contribution in [-0.4, -0.2) is 16.2 Å². The first-order valence-electron chi connectivity index (χ1n) is 8.45. The average molecular weight is 428 g/mol. The maximum Gasteiger partial charge on any atom is 0.335 e. The molecule has 0 spiro atoms. The summed E-state index contributed by atoms with van der Waals surface area (Å²) in [4.78, 5) is 11.1. The third kappa shape index (κ3) is 4.59. The molecule has 2 N–H and O–H groups in total. The van der Waals surface area contributed by atoms with Gasteiger partial charge in [0.2, 0.25) is 5.69 Å². The molecular formula is C21H15ClFN3O2S. The number of benzene rings is 3. The van der Waals surface area contributed by atoms with Crippen molar-refractivity contribution in [2.45, 2.75) is 0 Å². The molecule has 29 heavy (non-hydrogen) atoms. The van der Waals surface area contributed by atoms with Gasteiger partial charge in [0.25, 0.3) is 5.13 Å². The number of aromatic nitrogens is 2. The number of carboxylic acid groups (broad SMARTS) is 1. The number of hydrogen-bond acceptors (Lipinski definition) is 4. The van der Waals surface area contributed by atoms with Crippen molar-refractivity contribution in [2.75, 3.05) is 5.32 Å². The Labute approximate surface area is 176 Å². The largest absolute Gasteiger partial charge is 1.00 e. The van der Waals surface area contributed by atoms with E-state index in [9.17, 15) is 9.18 Å². The van der Waals surface area contributed by atoms with E-state index >= 15 is 0 Å². The second-order valence-corrected chi connectivity index (χ2v) is 6.95. The lowest BCUT2D eigenvalue weighted by Gasteiger charge is -1.97. The first-order chi connectivity index (χ1) is 13.6. The Morgan fingerprint density at radius 1 is 0.966 bits per heavy atom. The molecule has 4 aromatic rings. The molecule has 0 aliphatic heterocycles. The van der Waals surface area contributed by atoms with E-state index in [1.54, 1.807) is 41.1 Å². The van der Waals surface area contributed by atoms with Gasteiger partial charge in [-0.05, 0) is 64.5 Å². The lowest BCUT2D eigenvalue weighted by atomic mass is 10.1. The number of anilines is 2. The molecule has 3 aromatic carbocycles. The molecule has 8 heteroatoms. The molecular weight excluding hydrogens is 413 g/mol. The standard InChI is InChI=1S/C21H14FN3O2S.ClH/c22-16-10-12-18(13-11-16)25-19(14-6-8-15(9-7-14)20(26)27)28-21(24-25)23-17-4-2-1-3-5-17;/h1-13H,(H-,23,24,26,27);1H. The number of para-hydroxylation sites is 1. The molecule has 4 rings (SSSR count). The first kappa shape index (κ1) is 20.4. The second-order valence-electron chi connectivity index (χ2n) is 5.97. The zero-order valence-electron chi connectivity index (χ0n) is 14.9. The fraction of sp³-hybridized carbons (Fsp3) is 0. The van der Waals surface area contributed by atoms with Crippen LogP contribution in [0.2, 0.25) is 0 Å². The van der Waals surface area contributed by atoms with E-state index in [1.807, 2.05) is 30.3 Å². The Hall–Kier alpha value is -3.29. The van der Waals surface area contributed by atoms with Crippen LogP contribution in [0.4, 0.5) is 15.2 Å². The van der Waals surface area contributed by atoms with Gasteiger partial charge in [0.1, 0.15) is 5.82 Å². The predicted octanol–water partition coefficient (Wildman–Crippen LogP) is 1.67. The van der Waals surface area contributed by atoms with Crippen LogP contribution in [0.15, 0.2) is 78.9 Å². The Kier molecular flexibility index (Phi) is 6.21. The number of carbonyl (C=O) groups is 1. The summed E-state index contributed by atoms with van der Waals surface area (Å²) < 4.78 is 15.1. The topological polar surface area (TPSA) is 66.1 Å². The first-order valence-corrected chi connectivity index (χ1v) is 9.27. The van der Waals surface area contributed by atoms with Gasteiger partial charge in [-0.15, -0.1) is 0 Å². The van der Waals surface area contributed by atoms with Crippen LogP contribution >= 0.6 is 11.3 Å². The van der Waals surface area contributed by atoms with E-state index in [0.29, 0.717) is 10.8 Å². The summed E-state index contributed by atoms with van der Waals surface area (Å²) in [6.45, 7) is 0. The van der Waals surface area contributed by atoms with Crippen molar-refractivity contribution in [3.8, 4) is 16.3 Å². The van der Waals surface area contributed by atoms with Crippen molar-refractivity contribution in [1.82, 2.24) is 5.10 Å². The van der Waals surface area contributed by atoms with Crippen LogP contribution in [0.3, 0.4) is 0 Å². The van der Waals surface area contributed by atoms with Gasteiger partial charge in [0.15, 0.2) is 0 Å². The molecule has 0 saturated heterocycles. The summed E-state index contributed by atoms with van der Waals surface area (Å²) in [6, 6.07) is 22.3. The van der Waals surface area contributed by atoms with Crippen molar-refractivity contribution in [3.63, 3.8) is 0 Å². The highest BCUT2D eigenvalue weighted by Gasteiger charge is 2.24. The van der Waals surface area contributed by atoms with Crippen molar-refractivity contribution < 1.29 is 31.4 Å². The minimum absolute atomic E-state index is 0. The second kappa shape index (κ2) is 8.81. The van der Waals surface area contributed by atoms with Gasteiger partial charge in [-0.3, -0.25) is 0 Å². The zero-order chi connectivity index (χ0) is 19.5. The van der Waals surface area contributed by atoms with E-state index in [2.05, 4.69) is 10.4 Å². The highest BCUT2D eigenvalue weighted by atomic mass is 35.5. The zero-order valence-corrected chi connectivity index (χ0v) is 16.5. The number of carboxylic acids is 1. The summed E-state index contributed by atoms with van der Waals surface area (Å²) in [5, 5.41) is 18.5. The highest BCUT2D eigenvalue weighted by Crippen LogP contribution is 2.28. The molecule has 0 fully saturated rings. The van der Waals surface area contributed by atoms with Gasteiger partial charge in [0, 0.05) is 22.9 Å².